The molecule has 0 saturated heterocycles. The Morgan fingerprint density at radius 2 is 2.00 bits per heavy atom. The van der Waals surface area contributed by atoms with Crippen LogP contribution in [0.1, 0.15) is 13.3 Å². The Bertz CT molecular complexity index is 543. The van der Waals surface area contributed by atoms with Gasteiger partial charge in [0.2, 0.25) is 0 Å². The number of aryl methyl sites for hydroxylation is 1. The second-order valence-electron chi connectivity index (χ2n) is 4.02. The molecule has 3 nitrogen and oxygen atoms in total. The lowest BCUT2D eigenvalue weighted by Gasteiger charge is -2.10. The lowest BCUT2D eigenvalue weighted by atomic mass is 10.2. The van der Waals surface area contributed by atoms with Gasteiger partial charge in [-0.05, 0) is 30.9 Å². The Hall–Kier alpha value is -1.61. The normalized spacial score (nSPS) is 12.9. The summed E-state index contributed by atoms with van der Waals surface area (Å²) in [7, 11) is 0. The molecule has 1 heterocycles. The minimum Gasteiger partial charge on any atom is -0.393 e. The first kappa shape index (κ1) is 10.9. The topological polar surface area (TPSA) is 42.2 Å². The molecular weight excluding hydrogens is 202 g/mol. The van der Waals surface area contributed by atoms with Crippen molar-refractivity contribution in [3.05, 3.63) is 46.8 Å². The third kappa shape index (κ3) is 2.14. The summed E-state index contributed by atoms with van der Waals surface area (Å²) in [5, 5.41) is 10.3. The minimum atomic E-state index is -0.383. The van der Waals surface area contributed by atoms with Crippen LogP contribution in [0.15, 0.2) is 41.2 Å². The maximum Gasteiger partial charge on any atom is 0.251 e. The van der Waals surface area contributed by atoms with Crippen molar-refractivity contribution >= 4 is 10.9 Å². The monoisotopic (exact) mass is 217 g/mol. The van der Waals surface area contributed by atoms with Gasteiger partial charge in [-0.1, -0.05) is 18.2 Å². The summed E-state index contributed by atoms with van der Waals surface area (Å²) in [5.74, 6) is 0. The fourth-order valence-corrected chi connectivity index (χ4v) is 1.79. The van der Waals surface area contributed by atoms with Crippen LogP contribution < -0.4 is 5.56 Å². The summed E-state index contributed by atoms with van der Waals surface area (Å²) in [5.41, 5.74) is 0.912. The summed E-state index contributed by atoms with van der Waals surface area (Å²) in [4.78, 5) is 11.7. The number of hydrogen-bond acceptors (Lipinski definition) is 2. The van der Waals surface area contributed by atoms with E-state index in [4.69, 9.17) is 0 Å². The molecule has 0 fully saturated rings. The van der Waals surface area contributed by atoms with E-state index in [2.05, 4.69) is 0 Å². The van der Waals surface area contributed by atoms with Gasteiger partial charge in [-0.3, -0.25) is 4.79 Å². The molecule has 16 heavy (non-hydrogen) atoms. The SMILES string of the molecule is CC(O)CCn1c(=O)ccc2ccccc21. The van der Waals surface area contributed by atoms with Crippen molar-refractivity contribution in [2.75, 3.05) is 0 Å². The predicted molar refractivity (Wildman–Crippen MR) is 64.5 cm³/mol. The smallest absolute Gasteiger partial charge is 0.251 e. The van der Waals surface area contributed by atoms with Crippen molar-refractivity contribution in [3.8, 4) is 0 Å². The van der Waals surface area contributed by atoms with Crippen LogP contribution in [0, 0.1) is 0 Å². The molecule has 3 heteroatoms. The highest BCUT2D eigenvalue weighted by molar-refractivity contribution is 5.78. The molecule has 84 valence electrons. The molecule has 0 saturated carbocycles. The van der Waals surface area contributed by atoms with Crippen molar-refractivity contribution in [3.63, 3.8) is 0 Å². The van der Waals surface area contributed by atoms with Gasteiger partial charge in [0.25, 0.3) is 5.56 Å². The number of benzene rings is 1. The largest absolute Gasteiger partial charge is 0.393 e. The van der Waals surface area contributed by atoms with Crippen LogP contribution in [0.25, 0.3) is 10.9 Å². The molecule has 0 aliphatic heterocycles. The molecular formula is C13H15NO2. The molecule has 0 spiro atoms. The molecule has 0 aliphatic rings. The van der Waals surface area contributed by atoms with E-state index < -0.39 is 0 Å². The number of nitrogens with zero attached hydrogens (tertiary/aromatic N) is 1. The van der Waals surface area contributed by atoms with Gasteiger partial charge in [-0.25, -0.2) is 0 Å². The van der Waals surface area contributed by atoms with Crippen molar-refractivity contribution in [2.24, 2.45) is 0 Å². The zero-order valence-corrected chi connectivity index (χ0v) is 9.26. The van der Waals surface area contributed by atoms with Crippen LogP contribution in [0.2, 0.25) is 0 Å². The average molecular weight is 217 g/mol. The van der Waals surface area contributed by atoms with E-state index in [9.17, 15) is 9.90 Å². The van der Waals surface area contributed by atoms with Gasteiger partial charge in [0, 0.05) is 12.6 Å². The van der Waals surface area contributed by atoms with E-state index >= 15 is 0 Å². The Balaban J connectivity index is 2.49. The van der Waals surface area contributed by atoms with Crippen LogP contribution >= 0.6 is 0 Å². The Kier molecular flexibility index (Phi) is 3.06. The number of hydrogen-bond donors (Lipinski definition) is 1. The van der Waals surface area contributed by atoms with Crippen LogP contribution in [-0.2, 0) is 6.54 Å². The number of pyridine rings is 1. The summed E-state index contributed by atoms with van der Waals surface area (Å²) in [6.07, 6.45) is 0.208. The zero-order valence-electron chi connectivity index (χ0n) is 9.26. The summed E-state index contributed by atoms with van der Waals surface area (Å²) in [6.45, 7) is 2.29. The van der Waals surface area contributed by atoms with Gasteiger partial charge < -0.3 is 9.67 Å². The van der Waals surface area contributed by atoms with Crippen molar-refractivity contribution in [1.29, 1.82) is 0 Å². The van der Waals surface area contributed by atoms with Crippen molar-refractivity contribution in [2.45, 2.75) is 26.0 Å². The summed E-state index contributed by atoms with van der Waals surface area (Å²) in [6, 6.07) is 11.2. The van der Waals surface area contributed by atoms with Crippen molar-refractivity contribution < 1.29 is 5.11 Å². The van der Waals surface area contributed by atoms with Gasteiger partial charge in [0.05, 0.1) is 11.6 Å². The third-order valence-corrected chi connectivity index (χ3v) is 2.67. The van der Waals surface area contributed by atoms with E-state index in [0.29, 0.717) is 13.0 Å². The maximum atomic E-state index is 11.7. The molecule has 1 aromatic heterocycles. The number of rotatable bonds is 3. The van der Waals surface area contributed by atoms with E-state index in [-0.39, 0.29) is 11.7 Å². The van der Waals surface area contributed by atoms with Gasteiger partial charge in [-0.15, -0.1) is 0 Å². The van der Waals surface area contributed by atoms with Crippen LogP contribution in [0.3, 0.4) is 0 Å². The number of fused-ring (bicyclic) bond motifs is 1. The predicted octanol–water partition coefficient (Wildman–Crippen LogP) is 1.77. The summed E-state index contributed by atoms with van der Waals surface area (Å²) < 4.78 is 1.71. The fraction of sp³-hybridized carbons (Fsp3) is 0.308. The van der Waals surface area contributed by atoms with E-state index in [1.807, 2.05) is 30.3 Å². The lowest BCUT2D eigenvalue weighted by Crippen LogP contribution is -2.21. The third-order valence-electron chi connectivity index (χ3n) is 2.67. The second kappa shape index (κ2) is 4.49. The highest BCUT2D eigenvalue weighted by Crippen LogP contribution is 2.11. The average Bonchev–Trinajstić information content (AvgIpc) is 2.27. The molecule has 0 aliphatic carbocycles. The molecule has 1 atom stereocenters. The quantitative estimate of drug-likeness (QED) is 0.851. The maximum absolute atomic E-state index is 11.7. The summed E-state index contributed by atoms with van der Waals surface area (Å²) >= 11 is 0. The minimum absolute atomic E-state index is 0.0145. The molecule has 0 amide bonds. The standard InChI is InChI=1S/C13H15NO2/c1-10(15)8-9-14-12-5-3-2-4-11(12)6-7-13(14)16/h2-7,10,15H,8-9H2,1H3. The van der Waals surface area contributed by atoms with Gasteiger partial charge >= 0.3 is 0 Å². The molecule has 2 aromatic rings. The molecule has 2 rings (SSSR count). The molecule has 0 bridgehead atoms. The first-order chi connectivity index (χ1) is 7.68. The zero-order chi connectivity index (χ0) is 11.5. The molecule has 1 aromatic carbocycles. The van der Waals surface area contributed by atoms with E-state index in [0.717, 1.165) is 10.9 Å². The van der Waals surface area contributed by atoms with Gasteiger partial charge in [0.15, 0.2) is 0 Å². The van der Waals surface area contributed by atoms with Crippen LogP contribution in [0.5, 0.6) is 0 Å². The molecule has 1 N–H and O–H groups in total. The van der Waals surface area contributed by atoms with Gasteiger partial charge in [0.1, 0.15) is 0 Å². The van der Waals surface area contributed by atoms with Gasteiger partial charge in [-0.2, -0.15) is 0 Å². The highest BCUT2D eigenvalue weighted by atomic mass is 16.3. The van der Waals surface area contributed by atoms with Crippen LogP contribution in [0.4, 0.5) is 0 Å². The Morgan fingerprint density at radius 1 is 1.25 bits per heavy atom. The van der Waals surface area contributed by atoms with E-state index in [1.54, 1.807) is 17.6 Å². The number of aromatic nitrogens is 1. The first-order valence-electron chi connectivity index (χ1n) is 5.45. The number of aliphatic hydroxyl groups is 1. The van der Waals surface area contributed by atoms with E-state index in [1.165, 1.54) is 0 Å². The Morgan fingerprint density at radius 3 is 2.75 bits per heavy atom. The number of para-hydroxylation sites is 1. The van der Waals surface area contributed by atoms with Crippen molar-refractivity contribution in [1.82, 2.24) is 4.57 Å². The highest BCUT2D eigenvalue weighted by Gasteiger charge is 2.03. The number of aliphatic hydroxyl groups excluding tert-OH is 1. The second-order valence-corrected chi connectivity index (χ2v) is 4.02. The van der Waals surface area contributed by atoms with Crippen LogP contribution in [-0.4, -0.2) is 15.8 Å². The molecule has 1 unspecified atom stereocenters. The molecule has 0 radical (unpaired) electrons. The Labute approximate surface area is 94.0 Å². The lowest BCUT2D eigenvalue weighted by molar-refractivity contribution is 0.178. The fourth-order valence-electron chi connectivity index (χ4n) is 1.79. The first-order valence-corrected chi connectivity index (χ1v) is 5.45.